The molecule has 0 bridgehead atoms. The first-order chi connectivity index (χ1) is 7.27. The molecular weight excluding hydrogens is 186 g/mol. The van der Waals surface area contributed by atoms with Gasteiger partial charge in [-0.15, -0.1) is 0 Å². The zero-order valence-corrected chi connectivity index (χ0v) is 9.33. The Labute approximate surface area is 90.7 Å². The molecule has 0 saturated carbocycles. The summed E-state index contributed by atoms with van der Waals surface area (Å²) in [4.78, 5) is 4.88. The lowest BCUT2D eigenvalue weighted by atomic mass is 10.0. The second-order valence-electron chi connectivity index (χ2n) is 4.52. The highest BCUT2D eigenvalue weighted by Gasteiger charge is 2.30. The van der Waals surface area contributed by atoms with Gasteiger partial charge >= 0.3 is 0 Å². The Morgan fingerprint density at radius 3 is 3.13 bits per heavy atom. The van der Waals surface area contributed by atoms with Crippen molar-refractivity contribution >= 4 is 17.1 Å². The SMILES string of the molecule is C[C@@H]1CN(C)c2cccc3c2N1CCN3. The molecule has 0 aliphatic carbocycles. The van der Waals surface area contributed by atoms with E-state index in [0.29, 0.717) is 6.04 Å². The van der Waals surface area contributed by atoms with Gasteiger partial charge in [0, 0.05) is 32.7 Å². The van der Waals surface area contributed by atoms with Crippen molar-refractivity contribution in [3.63, 3.8) is 0 Å². The second kappa shape index (κ2) is 3.05. The highest BCUT2D eigenvalue weighted by Crippen LogP contribution is 2.41. The minimum Gasteiger partial charge on any atom is -0.382 e. The van der Waals surface area contributed by atoms with E-state index in [4.69, 9.17) is 0 Å². The molecule has 0 fully saturated rings. The Bertz CT molecular complexity index is 388. The molecule has 1 N–H and O–H groups in total. The van der Waals surface area contributed by atoms with Crippen LogP contribution in [0.4, 0.5) is 17.1 Å². The van der Waals surface area contributed by atoms with Crippen molar-refractivity contribution in [3.8, 4) is 0 Å². The molecule has 0 saturated heterocycles. The summed E-state index contributed by atoms with van der Waals surface area (Å²) in [5, 5.41) is 3.47. The van der Waals surface area contributed by atoms with Crippen LogP contribution in [0, 0.1) is 0 Å². The molecule has 3 rings (SSSR count). The van der Waals surface area contributed by atoms with E-state index in [1.165, 1.54) is 17.1 Å². The Morgan fingerprint density at radius 1 is 1.40 bits per heavy atom. The summed E-state index contributed by atoms with van der Waals surface area (Å²) in [6.07, 6.45) is 0. The van der Waals surface area contributed by atoms with Crippen LogP contribution >= 0.6 is 0 Å². The Hall–Kier alpha value is -1.38. The van der Waals surface area contributed by atoms with Crippen molar-refractivity contribution in [2.75, 3.05) is 41.8 Å². The maximum absolute atomic E-state index is 3.47. The van der Waals surface area contributed by atoms with E-state index in [9.17, 15) is 0 Å². The molecule has 1 atom stereocenters. The summed E-state index contributed by atoms with van der Waals surface area (Å²) in [7, 11) is 2.18. The van der Waals surface area contributed by atoms with Crippen LogP contribution in [0.25, 0.3) is 0 Å². The fourth-order valence-corrected chi connectivity index (χ4v) is 2.74. The van der Waals surface area contributed by atoms with Gasteiger partial charge in [-0.05, 0) is 19.1 Å². The van der Waals surface area contributed by atoms with Crippen molar-refractivity contribution in [1.82, 2.24) is 0 Å². The number of anilines is 3. The van der Waals surface area contributed by atoms with Gasteiger partial charge in [-0.25, -0.2) is 0 Å². The lowest BCUT2D eigenvalue weighted by molar-refractivity contribution is 0.604. The van der Waals surface area contributed by atoms with Gasteiger partial charge in [0.15, 0.2) is 0 Å². The number of likely N-dealkylation sites (N-methyl/N-ethyl adjacent to an activating group) is 1. The number of hydrogen-bond donors (Lipinski definition) is 1. The first-order valence-corrected chi connectivity index (χ1v) is 5.62. The molecule has 2 aliphatic heterocycles. The van der Waals surface area contributed by atoms with E-state index >= 15 is 0 Å². The summed E-state index contributed by atoms with van der Waals surface area (Å²) < 4.78 is 0. The van der Waals surface area contributed by atoms with E-state index in [0.717, 1.165) is 19.6 Å². The van der Waals surface area contributed by atoms with Gasteiger partial charge in [0.05, 0.1) is 17.1 Å². The minimum absolute atomic E-state index is 0.616. The zero-order chi connectivity index (χ0) is 10.4. The van der Waals surface area contributed by atoms with E-state index in [-0.39, 0.29) is 0 Å². The average Bonchev–Trinajstić information content (AvgIpc) is 2.25. The van der Waals surface area contributed by atoms with Crippen molar-refractivity contribution < 1.29 is 0 Å². The minimum atomic E-state index is 0.616. The molecule has 3 heteroatoms. The van der Waals surface area contributed by atoms with E-state index < -0.39 is 0 Å². The predicted octanol–water partition coefficient (Wildman–Crippen LogP) is 1.76. The molecule has 1 aromatic rings. The summed E-state index contributed by atoms with van der Waals surface area (Å²) in [6, 6.07) is 7.14. The van der Waals surface area contributed by atoms with E-state index in [2.05, 4.69) is 47.3 Å². The third-order valence-corrected chi connectivity index (χ3v) is 3.45. The second-order valence-corrected chi connectivity index (χ2v) is 4.52. The Balaban J connectivity index is 2.19. The maximum atomic E-state index is 3.47. The van der Waals surface area contributed by atoms with E-state index in [1.807, 2.05) is 0 Å². The van der Waals surface area contributed by atoms with Crippen LogP contribution in [-0.2, 0) is 0 Å². The standard InChI is InChI=1S/C12H17N3/c1-9-8-14(2)11-5-3-4-10-12(11)15(9)7-6-13-10/h3-5,9,13H,6-8H2,1-2H3/t9-/m1/s1. The smallest absolute Gasteiger partial charge is 0.0843 e. The third kappa shape index (κ3) is 1.19. The number of nitrogens with zero attached hydrogens (tertiary/aromatic N) is 2. The van der Waals surface area contributed by atoms with Crippen molar-refractivity contribution in [1.29, 1.82) is 0 Å². The summed E-state index contributed by atoms with van der Waals surface area (Å²) in [5.74, 6) is 0. The molecule has 0 spiro atoms. The highest BCUT2D eigenvalue weighted by atomic mass is 15.3. The predicted molar refractivity (Wildman–Crippen MR) is 65.0 cm³/mol. The molecule has 0 unspecified atom stereocenters. The number of rotatable bonds is 0. The third-order valence-electron chi connectivity index (χ3n) is 3.45. The van der Waals surface area contributed by atoms with Crippen LogP contribution < -0.4 is 15.1 Å². The van der Waals surface area contributed by atoms with Crippen molar-refractivity contribution in [2.45, 2.75) is 13.0 Å². The fourth-order valence-electron chi connectivity index (χ4n) is 2.74. The molecule has 0 amide bonds. The summed E-state index contributed by atoms with van der Waals surface area (Å²) >= 11 is 0. The lowest BCUT2D eigenvalue weighted by Crippen LogP contribution is -2.49. The van der Waals surface area contributed by atoms with Gasteiger partial charge < -0.3 is 15.1 Å². The van der Waals surface area contributed by atoms with Gasteiger partial charge in [-0.1, -0.05) is 6.07 Å². The number of benzene rings is 1. The van der Waals surface area contributed by atoms with E-state index in [1.54, 1.807) is 0 Å². The van der Waals surface area contributed by atoms with Crippen LogP contribution in [0.1, 0.15) is 6.92 Å². The summed E-state index contributed by atoms with van der Waals surface area (Å²) in [5.41, 5.74) is 4.04. The maximum Gasteiger partial charge on any atom is 0.0843 e. The normalized spacial score (nSPS) is 23.5. The molecule has 2 aliphatic rings. The summed E-state index contributed by atoms with van der Waals surface area (Å²) in [6.45, 7) is 5.61. The average molecular weight is 203 g/mol. The number of nitrogens with one attached hydrogen (secondary N) is 1. The Kier molecular flexibility index (Phi) is 1.81. The molecule has 0 radical (unpaired) electrons. The first-order valence-electron chi connectivity index (χ1n) is 5.62. The van der Waals surface area contributed by atoms with Crippen LogP contribution in [0.15, 0.2) is 18.2 Å². The van der Waals surface area contributed by atoms with Gasteiger partial charge in [-0.2, -0.15) is 0 Å². The quantitative estimate of drug-likeness (QED) is 0.693. The van der Waals surface area contributed by atoms with Gasteiger partial charge in [0.25, 0.3) is 0 Å². The number of para-hydroxylation sites is 1. The fraction of sp³-hybridized carbons (Fsp3) is 0.500. The van der Waals surface area contributed by atoms with Crippen LogP contribution in [-0.4, -0.2) is 32.7 Å². The van der Waals surface area contributed by atoms with Gasteiger partial charge in [-0.3, -0.25) is 0 Å². The van der Waals surface area contributed by atoms with Gasteiger partial charge in [0.1, 0.15) is 0 Å². The van der Waals surface area contributed by atoms with Crippen molar-refractivity contribution in [2.24, 2.45) is 0 Å². The number of hydrogen-bond acceptors (Lipinski definition) is 3. The molecule has 1 aromatic carbocycles. The molecule has 80 valence electrons. The Morgan fingerprint density at radius 2 is 2.27 bits per heavy atom. The topological polar surface area (TPSA) is 18.5 Å². The largest absolute Gasteiger partial charge is 0.382 e. The highest BCUT2D eigenvalue weighted by molar-refractivity contribution is 5.87. The molecule has 15 heavy (non-hydrogen) atoms. The molecule has 3 nitrogen and oxygen atoms in total. The van der Waals surface area contributed by atoms with Gasteiger partial charge in [0.2, 0.25) is 0 Å². The first kappa shape index (κ1) is 8.89. The zero-order valence-electron chi connectivity index (χ0n) is 9.33. The molecular formula is C12H17N3. The van der Waals surface area contributed by atoms with Crippen LogP contribution in [0.3, 0.4) is 0 Å². The van der Waals surface area contributed by atoms with Crippen molar-refractivity contribution in [3.05, 3.63) is 18.2 Å². The monoisotopic (exact) mass is 203 g/mol. The van der Waals surface area contributed by atoms with Crippen LogP contribution in [0.5, 0.6) is 0 Å². The lowest BCUT2D eigenvalue weighted by Gasteiger charge is -2.45. The molecule has 2 heterocycles. The molecule has 0 aromatic heterocycles. The van der Waals surface area contributed by atoms with Crippen LogP contribution in [0.2, 0.25) is 0 Å².